The van der Waals surface area contributed by atoms with E-state index in [1.165, 1.54) is 29.0 Å². The normalized spacial score (nSPS) is 16.7. The molecule has 1 saturated carbocycles. The van der Waals surface area contributed by atoms with Gasteiger partial charge in [0.15, 0.2) is 0 Å². The minimum atomic E-state index is -3.11. The lowest BCUT2D eigenvalue weighted by molar-refractivity contribution is 0.470. The SMILES string of the molecule is CN(Cc1[c]cccc1C1CC1)S(C)(=O)=O. The highest BCUT2D eigenvalue weighted by Gasteiger charge is 2.26. The minimum Gasteiger partial charge on any atom is -0.213 e. The molecule has 1 aliphatic rings. The summed E-state index contributed by atoms with van der Waals surface area (Å²) in [5, 5.41) is 0. The molecule has 0 aromatic heterocycles. The van der Waals surface area contributed by atoms with Crippen molar-refractivity contribution < 1.29 is 8.42 Å². The van der Waals surface area contributed by atoms with Crippen molar-refractivity contribution in [3.63, 3.8) is 0 Å². The Hall–Kier alpha value is -0.870. The zero-order valence-electron chi connectivity index (χ0n) is 9.60. The summed E-state index contributed by atoms with van der Waals surface area (Å²) < 4.78 is 24.1. The summed E-state index contributed by atoms with van der Waals surface area (Å²) in [5.74, 6) is 0.625. The Kier molecular flexibility index (Phi) is 3.04. The topological polar surface area (TPSA) is 37.4 Å². The van der Waals surface area contributed by atoms with Gasteiger partial charge in [-0.2, -0.15) is 0 Å². The molecule has 0 N–H and O–H groups in total. The van der Waals surface area contributed by atoms with E-state index in [-0.39, 0.29) is 0 Å². The van der Waals surface area contributed by atoms with Crippen molar-refractivity contribution in [2.75, 3.05) is 13.3 Å². The van der Waals surface area contributed by atoms with Crippen molar-refractivity contribution in [2.45, 2.75) is 25.3 Å². The predicted octanol–water partition coefficient (Wildman–Crippen LogP) is 1.76. The number of rotatable bonds is 4. The number of hydrogen-bond donors (Lipinski definition) is 0. The largest absolute Gasteiger partial charge is 0.213 e. The molecule has 0 heterocycles. The van der Waals surface area contributed by atoms with E-state index in [0.717, 1.165) is 5.56 Å². The van der Waals surface area contributed by atoms with Crippen LogP contribution in [-0.4, -0.2) is 26.0 Å². The molecule has 3 nitrogen and oxygen atoms in total. The van der Waals surface area contributed by atoms with Crippen LogP contribution >= 0.6 is 0 Å². The van der Waals surface area contributed by atoms with Crippen LogP contribution in [0.15, 0.2) is 18.2 Å². The van der Waals surface area contributed by atoms with Gasteiger partial charge in [-0.3, -0.25) is 0 Å². The van der Waals surface area contributed by atoms with Crippen molar-refractivity contribution in [3.05, 3.63) is 35.4 Å². The van der Waals surface area contributed by atoms with Gasteiger partial charge in [-0.15, -0.1) is 0 Å². The first kappa shape index (κ1) is 11.6. The van der Waals surface area contributed by atoms with Gasteiger partial charge in [0, 0.05) is 13.6 Å². The highest BCUT2D eigenvalue weighted by Crippen LogP contribution is 2.41. The number of benzene rings is 1. The molecule has 0 unspecified atom stereocenters. The quantitative estimate of drug-likeness (QED) is 0.801. The van der Waals surface area contributed by atoms with Gasteiger partial charge < -0.3 is 0 Å². The Labute approximate surface area is 97.1 Å². The molecule has 0 bridgehead atoms. The lowest BCUT2D eigenvalue weighted by atomic mass is 10.0. The van der Waals surface area contributed by atoms with Crippen molar-refractivity contribution in [1.82, 2.24) is 4.31 Å². The van der Waals surface area contributed by atoms with Crippen LogP contribution in [0.2, 0.25) is 0 Å². The van der Waals surface area contributed by atoms with Crippen LogP contribution < -0.4 is 0 Å². The summed E-state index contributed by atoms with van der Waals surface area (Å²) in [7, 11) is -1.51. The van der Waals surface area contributed by atoms with Crippen molar-refractivity contribution >= 4 is 10.0 Å². The Balaban J connectivity index is 2.21. The molecule has 1 aliphatic carbocycles. The second-order valence-electron chi connectivity index (χ2n) is 4.40. The van der Waals surface area contributed by atoms with E-state index in [0.29, 0.717) is 12.5 Å². The van der Waals surface area contributed by atoms with E-state index in [1.807, 2.05) is 12.1 Å². The van der Waals surface area contributed by atoms with E-state index < -0.39 is 10.0 Å². The summed E-state index contributed by atoms with van der Waals surface area (Å²) in [4.78, 5) is 0. The lowest BCUT2D eigenvalue weighted by Crippen LogP contribution is -2.25. The molecule has 0 amide bonds. The highest BCUT2D eigenvalue weighted by molar-refractivity contribution is 7.88. The first-order valence-electron chi connectivity index (χ1n) is 5.39. The zero-order chi connectivity index (χ0) is 11.8. The molecule has 16 heavy (non-hydrogen) atoms. The maximum Gasteiger partial charge on any atom is 0.211 e. The van der Waals surface area contributed by atoms with Crippen LogP contribution in [0.25, 0.3) is 0 Å². The van der Waals surface area contributed by atoms with Crippen molar-refractivity contribution in [1.29, 1.82) is 0 Å². The fraction of sp³-hybridized carbons (Fsp3) is 0.500. The van der Waals surface area contributed by atoms with Gasteiger partial charge in [0.05, 0.1) is 6.26 Å². The van der Waals surface area contributed by atoms with E-state index in [2.05, 4.69) is 12.1 Å². The molecule has 1 radical (unpaired) electrons. The number of sulfonamides is 1. The molecule has 0 atom stereocenters. The fourth-order valence-corrected chi connectivity index (χ4v) is 2.10. The second kappa shape index (κ2) is 4.18. The third-order valence-electron chi connectivity index (χ3n) is 2.94. The molecule has 0 aliphatic heterocycles. The summed E-state index contributed by atoms with van der Waals surface area (Å²) >= 11 is 0. The molecule has 1 aromatic rings. The molecule has 87 valence electrons. The zero-order valence-corrected chi connectivity index (χ0v) is 10.4. The summed E-state index contributed by atoms with van der Waals surface area (Å²) in [6.45, 7) is 0.422. The standard InChI is InChI=1S/C12H16NO2S/c1-13(16(2,14)15)9-11-5-3-4-6-12(11)10-7-8-10/h3-4,6,10H,7-9H2,1-2H3. The first-order valence-corrected chi connectivity index (χ1v) is 7.24. The maximum atomic E-state index is 11.3. The fourth-order valence-electron chi connectivity index (χ4n) is 1.74. The summed E-state index contributed by atoms with van der Waals surface area (Å²) in [5.41, 5.74) is 2.27. The van der Waals surface area contributed by atoms with Crippen LogP contribution in [-0.2, 0) is 16.6 Å². The van der Waals surface area contributed by atoms with Gasteiger partial charge in [0.25, 0.3) is 0 Å². The highest BCUT2D eigenvalue weighted by atomic mass is 32.2. The number of hydrogen-bond acceptors (Lipinski definition) is 2. The Bertz CT molecular complexity index is 478. The van der Waals surface area contributed by atoms with Crippen LogP contribution in [0.5, 0.6) is 0 Å². The van der Waals surface area contributed by atoms with Crippen LogP contribution in [0.3, 0.4) is 0 Å². The van der Waals surface area contributed by atoms with Gasteiger partial charge in [0.2, 0.25) is 10.0 Å². The minimum absolute atomic E-state index is 0.422. The molecule has 0 saturated heterocycles. The average Bonchev–Trinajstić information content (AvgIpc) is 3.00. The second-order valence-corrected chi connectivity index (χ2v) is 6.49. The first-order chi connectivity index (χ1) is 7.48. The Morgan fingerprint density at radius 2 is 2.19 bits per heavy atom. The van der Waals surface area contributed by atoms with Gasteiger partial charge in [-0.1, -0.05) is 18.2 Å². The molecule has 0 spiro atoms. The third kappa shape index (κ3) is 2.62. The molecule has 4 heteroatoms. The van der Waals surface area contributed by atoms with Crippen molar-refractivity contribution in [2.24, 2.45) is 0 Å². The van der Waals surface area contributed by atoms with E-state index >= 15 is 0 Å². The molecule has 1 aromatic carbocycles. The molecular formula is C12H16NO2S. The monoisotopic (exact) mass is 238 g/mol. The molecule has 2 rings (SSSR count). The maximum absolute atomic E-state index is 11.3. The Morgan fingerprint density at radius 3 is 2.75 bits per heavy atom. The molecule has 1 fully saturated rings. The predicted molar refractivity (Wildman–Crippen MR) is 63.6 cm³/mol. The number of nitrogens with zero attached hydrogens (tertiary/aromatic N) is 1. The third-order valence-corrected chi connectivity index (χ3v) is 4.20. The van der Waals surface area contributed by atoms with E-state index in [4.69, 9.17) is 0 Å². The van der Waals surface area contributed by atoms with Crippen LogP contribution in [0, 0.1) is 6.07 Å². The van der Waals surface area contributed by atoms with E-state index in [1.54, 1.807) is 7.05 Å². The van der Waals surface area contributed by atoms with Gasteiger partial charge in [-0.05, 0) is 36.0 Å². The Morgan fingerprint density at radius 1 is 1.50 bits per heavy atom. The summed E-state index contributed by atoms with van der Waals surface area (Å²) in [6, 6.07) is 9.05. The van der Waals surface area contributed by atoms with Crippen LogP contribution in [0.4, 0.5) is 0 Å². The smallest absolute Gasteiger partial charge is 0.211 e. The van der Waals surface area contributed by atoms with Gasteiger partial charge >= 0.3 is 0 Å². The van der Waals surface area contributed by atoms with Gasteiger partial charge in [-0.25, -0.2) is 12.7 Å². The van der Waals surface area contributed by atoms with E-state index in [9.17, 15) is 8.42 Å². The van der Waals surface area contributed by atoms with Crippen LogP contribution in [0.1, 0.15) is 29.9 Å². The molecular weight excluding hydrogens is 222 g/mol. The summed E-state index contributed by atoms with van der Waals surface area (Å²) in [6.07, 6.45) is 3.66. The lowest BCUT2D eigenvalue weighted by Gasteiger charge is -2.16. The van der Waals surface area contributed by atoms with Gasteiger partial charge in [0.1, 0.15) is 0 Å². The van der Waals surface area contributed by atoms with Crippen molar-refractivity contribution in [3.8, 4) is 0 Å². The average molecular weight is 238 g/mol.